The Morgan fingerprint density at radius 3 is 2.06 bits per heavy atom. The second kappa shape index (κ2) is 8.04. The maximum absolute atomic E-state index is 11.3. The smallest absolute Gasteiger partial charge is 0.242 e. The van der Waals surface area contributed by atoms with Crippen LogP contribution in [-0.4, -0.2) is 49.8 Å². The first-order chi connectivity index (χ1) is 8.36. The van der Waals surface area contributed by atoms with Gasteiger partial charge in [-0.1, -0.05) is 0 Å². The summed E-state index contributed by atoms with van der Waals surface area (Å²) in [5, 5.41) is 9.37. The van der Waals surface area contributed by atoms with Crippen molar-refractivity contribution in [1.29, 1.82) is 0 Å². The summed E-state index contributed by atoms with van der Waals surface area (Å²) in [4.78, 5) is 44.1. The Bertz CT molecular complexity index is 343. The molecule has 0 aromatic heterocycles. The van der Waals surface area contributed by atoms with Crippen molar-refractivity contribution in [3.8, 4) is 0 Å². The van der Waals surface area contributed by atoms with Gasteiger partial charge in [-0.25, -0.2) is 0 Å². The summed E-state index contributed by atoms with van der Waals surface area (Å²) < 4.78 is 0. The molecule has 0 rings (SSSR count). The summed E-state index contributed by atoms with van der Waals surface area (Å²) >= 11 is 0. The van der Waals surface area contributed by atoms with E-state index in [4.69, 9.17) is 0 Å². The highest BCUT2D eigenvalue weighted by atomic mass is 16.2. The number of rotatable bonds is 6. The minimum absolute atomic E-state index is 0.187. The van der Waals surface area contributed by atoms with Crippen LogP contribution in [0.25, 0.3) is 0 Å². The van der Waals surface area contributed by atoms with E-state index in [0.29, 0.717) is 0 Å². The number of carbonyl (C=O) groups is 4. The summed E-state index contributed by atoms with van der Waals surface area (Å²) in [5.74, 6) is -1.62. The summed E-state index contributed by atoms with van der Waals surface area (Å²) in [6.07, 6.45) is 0. The highest BCUT2D eigenvalue weighted by molar-refractivity contribution is 5.90. The van der Waals surface area contributed by atoms with Crippen molar-refractivity contribution in [2.24, 2.45) is 0 Å². The van der Waals surface area contributed by atoms with Gasteiger partial charge in [-0.15, -0.1) is 0 Å². The Kier molecular flexibility index (Phi) is 7.10. The van der Waals surface area contributed by atoms with E-state index in [1.54, 1.807) is 0 Å². The molecule has 0 aromatic rings. The monoisotopic (exact) mass is 258 g/mol. The van der Waals surface area contributed by atoms with E-state index in [1.165, 1.54) is 20.9 Å². The fourth-order valence-corrected chi connectivity index (χ4v) is 1.02. The molecule has 0 bridgehead atoms. The number of hydrogen-bond donors (Lipinski definition) is 4. The van der Waals surface area contributed by atoms with Crippen molar-refractivity contribution in [3.63, 3.8) is 0 Å². The Morgan fingerprint density at radius 2 is 1.56 bits per heavy atom. The van der Waals surface area contributed by atoms with Gasteiger partial charge in [-0.2, -0.15) is 0 Å². The fourth-order valence-electron chi connectivity index (χ4n) is 1.02. The van der Waals surface area contributed by atoms with E-state index in [0.717, 1.165) is 0 Å². The lowest BCUT2D eigenvalue weighted by atomic mass is 10.3. The van der Waals surface area contributed by atoms with Crippen LogP contribution in [0.2, 0.25) is 0 Å². The minimum Gasteiger partial charge on any atom is -0.357 e. The molecule has 0 saturated heterocycles. The molecule has 1 atom stereocenters. The quantitative estimate of drug-likeness (QED) is 0.421. The van der Waals surface area contributed by atoms with Gasteiger partial charge in [0.2, 0.25) is 23.6 Å². The highest BCUT2D eigenvalue weighted by Crippen LogP contribution is 1.80. The van der Waals surface area contributed by atoms with Gasteiger partial charge in [0, 0.05) is 14.0 Å². The zero-order chi connectivity index (χ0) is 14.1. The fraction of sp³-hybridized carbons (Fsp3) is 0.600. The van der Waals surface area contributed by atoms with Crippen LogP contribution in [0, 0.1) is 0 Å². The number of carbonyl (C=O) groups excluding carboxylic acids is 4. The Hall–Kier alpha value is -2.12. The van der Waals surface area contributed by atoms with Crippen LogP contribution in [0.3, 0.4) is 0 Å². The molecule has 0 aliphatic rings. The topological polar surface area (TPSA) is 116 Å². The molecular weight excluding hydrogens is 240 g/mol. The lowest BCUT2D eigenvalue weighted by molar-refractivity contribution is -0.129. The van der Waals surface area contributed by atoms with Crippen molar-refractivity contribution in [2.45, 2.75) is 19.9 Å². The zero-order valence-corrected chi connectivity index (χ0v) is 10.6. The number of hydrogen-bond acceptors (Lipinski definition) is 4. The van der Waals surface area contributed by atoms with Gasteiger partial charge in [0.1, 0.15) is 6.04 Å². The van der Waals surface area contributed by atoms with Crippen molar-refractivity contribution in [3.05, 3.63) is 0 Å². The molecular formula is C10H18N4O4. The van der Waals surface area contributed by atoms with Gasteiger partial charge < -0.3 is 21.3 Å². The van der Waals surface area contributed by atoms with E-state index in [9.17, 15) is 19.2 Å². The van der Waals surface area contributed by atoms with Crippen molar-refractivity contribution < 1.29 is 19.2 Å². The summed E-state index contributed by atoms with van der Waals surface area (Å²) in [5.41, 5.74) is 0. The largest absolute Gasteiger partial charge is 0.357 e. The molecule has 0 aromatic carbocycles. The van der Waals surface area contributed by atoms with Crippen molar-refractivity contribution >= 4 is 23.6 Å². The average molecular weight is 258 g/mol. The Balaban J connectivity index is 3.86. The second-order valence-electron chi connectivity index (χ2n) is 3.59. The molecule has 0 heterocycles. The van der Waals surface area contributed by atoms with Crippen LogP contribution in [0.15, 0.2) is 0 Å². The number of nitrogens with one attached hydrogen (secondary N) is 4. The predicted molar refractivity (Wildman–Crippen MR) is 63.4 cm³/mol. The lowest BCUT2D eigenvalue weighted by Crippen LogP contribution is -2.48. The van der Waals surface area contributed by atoms with Crippen LogP contribution in [0.4, 0.5) is 0 Å². The van der Waals surface area contributed by atoms with E-state index in [1.807, 2.05) is 0 Å². The average Bonchev–Trinajstić information content (AvgIpc) is 2.32. The summed E-state index contributed by atoms with van der Waals surface area (Å²) in [7, 11) is 1.46. The van der Waals surface area contributed by atoms with E-state index in [-0.39, 0.29) is 24.9 Å². The molecule has 4 N–H and O–H groups in total. The Labute approximate surface area is 105 Å². The van der Waals surface area contributed by atoms with Gasteiger partial charge in [0.05, 0.1) is 13.1 Å². The lowest BCUT2D eigenvalue weighted by Gasteiger charge is -2.12. The molecule has 8 nitrogen and oxygen atoms in total. The molecule has 102 valence electrons. The number of likely N-dealkylation sites (N-methyl/N-ethyl adjacent to an activating group) is 1. The van der Waals surface area contributed by atoms with Gasteiger partial charge in [0.15, 0.2) is 0 Å². The van der Waals surface area contributed by atoms with Gasteiger partial charge >= 0.3 is 0 Å². The first kappa shape index (κ1) is 15.9. The maximum atomic E-state index is 11.3. The van der Waals surface area contributed by atoms with E-state index in [2.05, 4.69) is 21.3 Å². The highest BCUT2D eigenvalue weighted by Gasteiger charge is 2.14. The van der Waals surface area contributed by atoms with Crippen molar-refractivity contribution in [2.75, 3.05) is 20.1 Å². The van der Waals surface area contributed by atoms with Gasteiger partial charge in [-0.05, 0) is 6.92 Å². The van der Waals surface area contributed by atoms with Crippen LogP contribution in [0.1, 0.15) is 13.8 Å². The summed E-state index contributed by atoms with van der Waals surface area (Å²) in [6, 6.07) is -0.672. The van der Waals surface area contributed by atoms with E-state index >= 15 is 0 Å². The molecule has 0 spiro atoms. The predicted octanol–water partition coefficient (Wildman–Crippen LogP) is -2.51. The van der Waals surface area contributed by atoms with Gasteiger partial charge in [-0.3, -0.25) is 19.2 Å². The van der Waals surface area contributed by atoms with Crippen LogP contribution < -0.4 is 21.3 Å². The maximum Gasteiger partial charge on any atom is 0.242 e. The zero-order valence-electron chi connectivity index (χ0n) is 10.6. The first-order valence-electron chi connectivity index (χ1n) is 5.39. The molecule has 0 saturated carbocycles. The molecule has 4 amide bonds. The number of amides is 4. The SMILES string of the molecule is CNC(=O)[C@H](C)NC(=O)CNC(=O)CNC(C)=O. The van der Waals surface area contributed by atoms with Crippen molar-refractivity contribution in [1.82, 2.24) is 21.3 Å². The van der Waals surface area contributed by atoms with Crippen LogP contribution in [0.5, 0.6) is 0 Å². The first-order valence-corrected chi connectivity index (χ1v) is 5.39. The molecule has 0 radical (unpaired) electrons. The second-order valence-corrected chi connectivity index (χ2v) is 3.59. The standard InChI is InChI=1S/C10H18N4O4/c1-6(10(18)11-3)14-9(17)5-13-8(16)4-12-7(2)15/h6H,4-5H2,1-3H3,(H,11,18)(H,12,15)(H,13,16)(H,14,17)/t6-/m0/s1. The normalized spacial score (nSPS) is 11.1. The third-order valence-corrected chi connectivity index (χ3v) is 1.96. The third-order valence-electron chi connectivity index (χ3n) is 1.96. The van der Waals surface area contributed by atoms with Crippen LogP contribution >= 0.6 is 0 Å². The molecule has 0 unspecified atom stereocenters. The summed E-state index contributed by atoms with van der Waals surface area (Å²) in [6.45, 7) is 2.37. The molecule has 0 aliphatic carbocycles. The molecule has 8 heteroatoms. The molecule has 18 heavy (non-hydrogen) atoms. The van der Waals surface area contributed by atoms with Crippen LogP contribution in [-0.2, 0) is 19.2 Å². The third kappa shape index (κ3) is 7.20. The van der Waals surface area contributed by atoms with E-state index < -0.39 is 17.9 Å². The molecule has 0 aliphatic heterocycles. The minimum atomic E-state index is -0.672. The molecule has 0 fully saturated rings. The van der Waals surface area contributed by atoms with Gasteiger partial charge in [0.25, 0.3) is 0 Å². The Morgan fingerprint density at radius 1 is 1.00 bits per heavy atom.